The molecule has 2 aromatic heterocycles. The van der Waals surface area contributed by atoms with Crippen LogP contribution in [0, 0.1) is 5.82 Å². The van der Waals surface area contributed by atoms with Gasteiger partial charge in [-0.25, -0.2) is 14.4 Å². The molecule has 192 valence electrons. The van der Waals surface area contributed by atoms with Crippen LogP contribution in [0.3, 0.4) is 0 Å². The van der Waals surface area contributed by atoms with Crippen LogP contribution in [0.15, 0.2) is 54.6 Å². The van der Waals surface area contributed by atoms with Gasteiger partial charge in [0.25, 0.3) is 0 Å². The summed E-state index contributed by atoms with van der Waals surface area (Å²) in [5.74, 6) is 0.420. The van der Waals surface area contributed by atoms with Crippen molar-refractivity contribution in [2.75, 3.05) is 36.8 Å². The standard InChI is InChI=1S/C27H30FN7OS/c28-20-10-6-19(7-11-20)9-13-22-31-23-25(32-27(30)33-26(23)37-22)35-16-14-34(15-17-35)21(24(29)36)12-8-18-4-2-1-3-5-18/h1-7,10-11,21H,8-9,12-17H2,(H2,29,36)(H2,30,32,33). The number of benzene rings is 2. The minimum atomic E-state index is -0.310. The molecule has 4 N–H and O–H groups in total. The van der Waals surface area contributed by atoms with Gasteiger partial charge in [-0.05, 0) is 42.5 Å². The molecule has 5 rings (SSSR count). The van der Waals surface area contributed by atoms with Crippen molar-refractivity contribution in [3.8, 4) is 0 Å². The predicted octanol–water partition coefficient (Wildman–Crippen LogP) is 3.20. The number of thiazole rings is 1. The van der Waals surface area contributed by atoms with E-state index in [0.717, 1.165) is 46.0 Å². The summed E-state index contributed by atoms with van der Waals surface area (Å²) < 4.78 is 13.2. The molecule has 0 bridgehead atoms. The zero-order valence-electron chi connectivity index (χ0n) is 20.5. The lowest BCUT2D eigenvalue weighted by Gasteiger charge is -2.38. The fraction of sp³-hybridized carbons (Fsp3) is 0.333. The fourth-order valence-electron chi connectivity index (χ4n) is 4.80. The van der Waals surface area contributed by atoms with Crippen molar-refractivity contribution >= 4 is 39.4 Å². The number of hydrogen-bond acceptors (Lipinski definition) is 8. The SMILES string of the molecule is NC(=O)C(CCc1ccccc1)N1CCN(c2nc(N)nc3sc(CCc4ccc(F)cc4)nc23)CC1. The molecule has 4 aromatic rings. The van der Waals surface area contributed by atoms with Gasteiger partial charge in [-0.3, -0.25) is 9.69 Å². The average Bonchev–Trinajstić information content (AvgIpc) is 3.31. The Hall–Kier alpha value is -3.63. The number of amides is 1. The number of carbonyl (C=O) groups excluding carboxylic acids is 1. The highest BCUT2D eigenvalue weighted by Crippen LogP contribution is 2.30. The zero-order chi connectivity index (χ0) is 25.8. The molecule has 10 heteroatoms. The van der Waals surface area contributed by atoms with Crippen LogP contribution >= 0.6 is 11.3 Å². The summed E-state index contributed by atoms with van der Waals surface area (Å²) in [4.78, 5) is 31.2. The number of nitrogen functional groups attached to an aromatic ring is 1. The van der Waals surface area contributed by atoms with Crippen molar-refractivity contribution in [1.29, 1.82) is 0 Å². The van der Waals surface area contributed by atoms with Crippen LogP contribution in [0.4, 0.5) is 16.2 Å². The van der Waals surface area contributed by atoms with E-state index in [9.17, 15) is 9.18 Å². The third kappa shape index (κ3) is 6.03. The Kier molecular flexibility index (Phi) is 7.57. The van der Waals surface area contributed by atoms with Crippen LogP contribution < -0.4 is 16.4 Å². The van der Waals surface area contributed by atoms with E-state index in [-0.39, 0.29) is 23.7 Å². The summed E-state index contributed by atoms with van der Waals surface area (Å²) in [5, 5.41) is 0.939. The van der Waals surface area contributed by atoms with E-state index in [1.807, 2.05) is 18.2 Å². The molecule has 2 aromatic carbocycles. The van der Waals surface area contributed by atoms with Crippen LogP contribution in [0.1, 0.15) is 22.6 Å². The van der Waals surface area contributed by atoms with E-state index in [4.69, 9.17) is 16.5 Å². The summed E-state index contributed by atoms with van der Waals surface area (Å²) in [6, 6.07) is 16.4. The number of fused-ring (bicyclic) bond motifs is 1. The van der Waals surface area contributed by atoms with Gasteiger partial charge in [0.2, 0.25) is 11.9 Å². The van der Waals surface area contributed by atoms with E-state index < -0.39 is 0 Å². The fourth-order valence-corrected chi connectivity index (χ4v) is 5.73. The first kappa shape index (κ1) is 25.0. The molecule has 1 aliphatic heterocycles. The van der Waals surface area contributed by atoms with Gasteiger partial charge in [-0.15, -0.1) is 0 Å². The highest BCUT2D eigenvalue weighted by molar-refractivity contribution is 7.18. The van der Waals surface area contributed by atoms with Crippen molar-refractivity contribution < 1.29 is 9.18 Å². The summed E-state index contributed by atoms with van der Waals surface area (Å²) in [6.45, 7) is 2.75. The maximum absolute atomic E-state index is 13.2. The molecular weight excluding hydrogens is 489 g/mol. The van der Waals surface area contributed by atoms with Gasteiger partial charge in [0.15, 0.2) is 10.6 Å². The minimum Gasteiger partial charge on any atom is -0.368 e. The number of primary amides is 1. The number of aryl methyl sites for hydroxylation is 3. The van der Waals surface area contributed by atoms with E-state index >= 15 is 0 Å². The molecule has 8 nitrogen and oxygen atoms in total. The molecule has 1 atom stereocenters. The third-order valence-corrected chi connectivity index (χ3v) is 7.78. The molecule has 1 fully saturated rings. The Labute approximate surface area is 219 Å². The lowest BCUT2D eigenvalue weighted by Crippen LogP contribution is -2.54. The number of aromatic nitrogens is 3. The summed E-state index contributed by atoms with van der Waals surface area (Å²) >= 11 is 1.51. The number of piperazine rings is 1. The van der Waals surface area contributed by atoms with E-state index in [1.165, 1.54) is 29.0 Å². The lowest BCUT2D eigenvalue weighted by molar-refractivity contribution is -0.123. The molecule has 1 saturated heterocycles. The summed E-state index contributed by atoms with van der Waals surface area (Å²) in [6.07, 6.45) is 2.97. The van der Waals surface area contributed by atoms with Crippen LogP contribution in [-0.2, 0) is 24.1 Å². The van der Waals surface area contributed by atoms with E-state index in [2.05, 4.69) is 31.9 Å². The average molecular weight is 520 g/mol. The Morgan fingerprint density at radius 1 is 0.919 bits per heavy atom. The van der Waals surface area contributed by atoms with Gasteiger partial charge in [0.05, 0.1) is 11.0 Å². The van der Waals surface area contributed by atoms with Gasteiger partial charge >= 0.3 is 0 Å². The minimum absolute atomic E-state index is 0.219. The van der Waals surface area contributed by atoms with Gasteiger partial charge in [-0.1, -0.05) is 53.8 Å². The molecule has 0 radical (unpaired) electrons. The van der Waals surface area contributed by atoms with Gasteiger partial charge < -0.3 is 16.4 Å². The highest BCUT2D eigenvalue weighted by Gasteiger charge is 2.29. The number of hydrogen-bond donors (Lipinski definition) is 2. The van der Waals surface area contributed by atoms with Crippen molar-refractivity contribution in [3.63, 3.8) is 0 Å². The second-order valence-electron chi connectivity index (χ2n) is 9.26. The molecule has 0 saturated carbocycles. The number of anilines is 2. The number of halogens is 1. The number of carbonyl (C=O) groups is 1. The topological polar surface area (TPSA) is 114 Å². The maximum Gasteiger partial charge on any atom is 0.234 e. The van der Waals surface area contributed by atoms with E-state index in [0.29, 0.717) is 32.6 Å². The van der Waals surface area contributed by atoms with Crippen molar-refractivity contribution in [2.45, 2.75) is 31.7 Å². The molecule has 0 spiro atoms. The first-order chi connectivity index (χ1) is 18.0. The molecule has 1 aliphatic rings. The van der Waals surface area contributed by atoms with E-state index in [1.54, 1.807) is 12.1 Å². The summed E-state index contributed by atoms with van der Waals surface area (Å²) in [5.41, 5.74) is 14.8. The molecular formula is C27H30FN7OS. The molecule has 0 aliphatic carbocycles. The second-order valence-corrected chi connectivity index (χ2v) is 10.3. The van der Waals surface area contributed by atoms with Gasteiger partial charge in [-0.2, -0.15) is 4.98 Å². The smallest absolute Gasteiger partial charge is 0.234 e. The van der Waals surface area contributed by atoms with Crippen molar-refractivity contribution in [2.24, 2.45) is 5.73 Å². The first-order valence-corrected chi connectivity index (χ1v) is 13.3. The van der Waals surface area contributed by atoms with Crippen molar-refractivity contribution in [1.82, 2.24) is 19.9 Å². The second kappa shape index (κ2) is 11.2. The molecule has 3 heterocycles. The van der Waals surface area contributed by atoms with Crippen LogP contribution in [0.25, 0.3) is 10.3 Å². The van der Waals surface area contributed by atoms with Crippen molar-refractivity contribution in [3.05, 3.63) is 76.5 Å². The Morgan fingerprint density at radius 2 is 1.62 bits per heavy atom. The first-order valence-electron chi connectivity index (χ1n) is 12.5. The monoisotopic (exact) mass is 519 g/mol. The normalized spacial score (nSPS) is 15.2. The Bertz CT molecular complexity index is 1350. The molecule has 37 heavy (non-hydrogen) atoms. The van der Waals surface area contributed by atoms with Crippen LogP contribution in [0.2, 0.25) is 0 Å². The largest absolute Gasteiger partial charge is 0.368 e. The van der Waals surface area contributed by atoms with Crippen LogP contribution in [-0.4, -0.2) is 58.0 Å². The Balaban J connectivity index is 1.26. The summed E-state index contributed by atoms with van der Waals surface area (Å²) in [7, 11) is 0. The number of nitrogens with zero attached hydrogens (tertiary/aromatic N) is 5. The van der Waals surface area contributed by atoms with Crippen LogP contribution in [0.5, 0.6) is 0 Å². The zero-order valence-corrected chi connectivity index (χ0v) is 21.3. The predicted molar refractivity (Wildman–Crippen MR) is 145 cm³/mol. The molecule has 1 unspecified atom stereocenters. The quantitative estimate of drug-likeness (QED) is 0.349. The third-order valence-electron chi connectivity index (χ3n) is 6.77. The number of nitrogens with two attached hydrogens (primary N) is 2. The van der Waals surface area contributed by atoms with Gasteiger partial charge in [0.1, 0.15) is 11.3 Å². The maximum atomic E-state index is 13.2. The number of rotatable bonds is 9. The lowest BCUT2D eigenvalue weighted by atomic mass is 10.0. The highest BCUT2D eigenvalue weighted by atomic mass is 32.1. The molecule has 1 amide bonds. The van der Waals surface area contributed by atoms with Gasteiger partial charge in [0, 0.05) is 32.6 Å². The Morgan fingerprint density at radius 3 is 2.32 bits per heavy atom.